The van der Waals surface area contributed by atoms with Gasteiger partial charge in [0, 0.05) is 12.1 Å². The summed E-state index contributed by atoms with van der Waals surface area (Å²) in [4.78, 5) is 20.6. The largest absolute Gasteiger partial charge is 0.478 e. The number of carbonyl (C=O) groups is 1. The smallest absolute Gasteiger partial charge is 0.339 e. The first-order valence-electron chi connectivity index (χ1n) is 5.82. The zero-order valence-corrected chi connectivity index (χ0v) is 11.7. The van der Waals surface area contributed by atoms with Crippen LogP contribution in [0.25, 0.3) is 0 Å². The Balaban J connectivity index is 2.36. The molecule has 0 saturated heterocycles. The maximum Gasteiger partial charge on any atom is 0.339 e. The van der Waals surface area contributed by atoms with E-state index in [1.807, 2.05) is 0 Å². The van der Waals surface area contributed by atoms with Crippen LogP contribution < -0.4 is 4.18 Å². The quantitative estimate of drug-likeness (QED) is 0.507. The second kappa shape index (κ2) is 5.82. The fourth-order valence-electron chi connectivity index (χ4n) is 1.62. The molecule has 0 radical (unpaired) electrons. The summed E-state index contributed by atoms with van der Waals surface area (Å²) in [7, 11) is -4.30. The van der Waals surface area contributed by atoms with Gasteiger partial charge < -0.3 is 9.29 Å². The molecule has 0 bridgehead atoms. The average Bonchev–Trinajstić information content (AvgIpc) is 2.47. The molecule has 2 rings (SSSR count). The van der Waals surface area contributed by atoms with E-state index in [0.29, 0.717) is 0 Å². The lowest BCUT2D eigenvalue weighted by Gasteiger charge is -2.09. The lowest BCUT2D eigenvalue weighted by molar-refractivity contribution is -0.384. The van der Waals surface area contributed by atoms with Gasteiger partial charge in [0.05, 0.1) is 4.92 Å². The third-order valence-electron chi connectivity index (χ3n) is 2.65. The number of hydrogen-bond donors (Lipinski definition) is 1. The minimum atomic E-state index is -4.30. The highest BCUT2D eigenvalue weighted by molar-refractivity contribution is 7.87. The van der Waals surface area contributed by atoms with Crippen molar-refractivity contribution >= 4 is 21.8 Å². The van der Waals surface area contributed by atoms with Crippen LogP contribution in [-0.4, -0.2) is 24.4 Å². The van der Waals surface area contributed by atoms with E-state index in [2.05, 4.69) is 0 Å². The van der Waals surface area contributed by atoms with Gasteiger partial charge in [-0.15, -0.1) is 0 Å². The van der Waals surface area contributed by atoms with Gasteiger partial charge >= 0.3 is 16.1 Å². The number of nitro groups is 1. The number of aromatic carboxylic acids is 1. The van der Waals surface area contributed by atoms with Crippen LogP contribution in [0, 0.1) is 10.1 Å². The number of rotatable bonds is 5. The highest BCUT2D eigenvalue weighted by Crippen LogP contribution is 2.24. The number of nitrogens with zero attached hydrogens (tertiary/aromatic N) is 1. The molecule has 2 aromatic carbocycles. The van der Waals surface area contributed by atoms with E-state index >= 15 is 0 Å². The molecule has 0 fully saturated rings. The van der Waals surface area contributed by atoms with E-state index in [1.54, 1.807) is 0 Å². The maximum absolute atomic E-state index is 12.1. The molecule has 9 heteroatoms. The van der Waals surface area contributed by atoms with Crippen LogP contribution in [0.4, 0.5) is 5.69 Å². The number of non-ortho nitro benzene ring substituents is 1. The average molecular weight is 323 g/mol. The van der Waals surface area contributed by atoms with E-state index in [9.17, 15) is 23.3 Å². The van der Waals surface area contributed by atoms with Crippen LogP contribution in [0.15, 0.2) is 53.4 Å². The SMILES string of the molecule is O=C(O)c1ccccc1OS(=O)(=O)c1ccc([N+](=O)[O-])cc1. The molecular weight excluding hydrogens is 314 g/mol. The highest BCUT2D eigenvalue weighted by atomic mass is 32.2. The molecule has 114 valence electrons. The molecule has 0 aliphatic carbocycles. The van der Waals surface area contributed by atoms with Crippen molar-refractivity contribution < 1.29 is 27.4 Å². The Labute approximate surface area is 124 Å². The van der Waals surface area contributed by atoms with Gasteiger partial charge in [-0.05, 0) is 24.3 Å². The van der Waals surface area contributed by atoms with Gasteiger partial charge in [0.2, 0.25) is 0 Å². The van der Waals surface area contributed by atoms with Crippen molar-refractivity contribution in [2.45, 2.75) is 4.90 Å². The van der Waals surface area contributed by atoms with Crippen LogP contribution in [0.3, 0.4) is 0 Å². The van der Waals surface area contributed by atoms with Crippen molar-refractivity contribution in [1.82, 2.24) is 0 Å². The van der Waals surface area contributed by atoms with Crippen molar-refractivity contribution in [2.75, 3.05) is 0 Å². The lowest BCUT2D eigenvalue weighted by atomic mass is 10.2. The molecule has 0 aliphatic heterocycles. The third-order valence-corrected chi connectivity index (χ3v) is 3.90. The number of hydrogen-bond acceptors (Lipinski definition) is 6. The normalized spacial score (nSPS) is 10.9. The molecule has 0 saturated carbocycles. The number of benzene rings is 2. The molecule has 1 N–H and O–H groups in total. The molecule has 0 unspecified atom stereocenters. The van der Waals surface area contributed by atoms with Crippen LogP contribution in [-0.2, 0) is 10.1 Å². The van der Waals surface area contributed by atoms with Crippen molar-refractivity contribution in [2.24, 2.45) is 0 Å². The maximum atomic E-state index is 12.1. The molecule has 0 heterocycles. The second-order valence-corrected chi connectivity index (χ2v) is 5.64. The molecule has 0 amide bonds. The van der Waals surface area contributed by atoms with Crippen molar-refractivity contribution in [3.05, 3.63) is 64.2 Å². The van der Waals surface area contributed by atoms with Crippen LogP contribution in [0.1, 0.15) is 10.4 Å². The van der Waals surface area contributed by atoms with Gasteiger partial charge in [-0.3, -0.25) is 10.1 Å². The third kappa shape index (κ3) is 3.20. The number of para-hydroxylation sites is 1. The van der Waals surface area contributed by atoms with Gasteiger partial charge in [-0.2, -0.15) is 8.42 Å². The van der Waals surface area contributed by atoms with E-state index < -0.39 is 21.0 Å². The molecule has 22 heavy (non-hydrogen) atoms. The van der Waals surface area contributed by atoms with E-state index in [-0.39, 0.29) is 21.9 Å². The summed E-state index contributed by atoms with van der Waals surface area (Å²) < 4.78 is 28.9. The fraction of sp³-hybridized carbons (Fsp3) is 0. The predicted molar refractivity (Wildman–Crippen MR) is 74.3 cm³/mol. The molecule has 0 atom stereocenters. The summed E-state index contributed by atoms with van der Waals surface area (Å²) in [5.41, 5.74) is -0.585. The Morgan fingerprint density at radius 2 is 1.68 bits per heavy atom. The summed E-state index contributed by atoms with van der Waals surface area (Å²) in [5, 5.41) is 19.5. The summed E-state index contributed by atoms with van der Waals surface area (Å²) >= 11 is 0. The zero-order chi connectivity index (χ0) is 16.3. The van der Waals surface area contributed by atoms with Gasteiger partial charge in [-0.1, -0.05) is 12.1 Å². The van der Waals surface area contributed by atoms with E-state index in [0.717, 1.165) is 24.3 Å². The number of carboxylic acids is 1. The Kier molecular flexibility index (Phi) is 4.08. The minimum Gasteiger partial charge on any atom is -0.478 e. The molecule has 0 aromatic heterocycles. The zero-order valence-electron chi connectivity index (χ0n) is 10.9. The van der Waals surface area contributed by atoms with Gasteiger partial charge in [0.15, 0.2) is 5.75 Å². The van der Waals surface area contributed by atoms with Gasteiger partial charge in [0.1, 0.15) is 10.5 Å². The van der Waals surface area contributed by atoms with Crippen LogP contribution >= 0.6 is 0 Å². The topological polar surface area (TPSA) is 124 Å². The number of carboxylic acid groups (broad SMARTS) is 1. The summed E-state index contributed by atoms with van der Waals surface area (Å²) in [6.45, 7) is 0. The van der Waals surface area contributed by atoms with E-state index in [4.69, 9.17) is 9.29 Å². The molecular formula is C13H9NO7S. The van der Waals surface area contributed by atoms with Crippen LogP contribution in [0.2, 0.25) is 0 Å². The minimum absolute atomic E-state index is 0.273. The molecule has 0 aliphatic rings. The van der Waals surface area contributed by atoms with Crippen molar-refractivity contribution in [3.63, 3.8) is 0 Å². The summed E-state index contributed by atoms with van der Waals surface area (Å²) in [5.74, 6) is -1.68. The Morgan fingerprint density at radius 3 is 2.23 bits per heavy atom. The predicted octanol–water partition coefficient (Wildman–Crippen LogP) is 2.06. The second-order valence-electron chi connectivity index (χ2n) is 4.09. The first-order chi connectivity index (χ1) is 10.3. The molecule has 8 nitrogen and oxygen atoms in total. The number of nitro benzene ring substituents is 1. The van der Waals surface area contributed by atoms with Gasteiger partial charge in [0.25, 0.3) is 5.69 Å². The van der Waals surface area contributed by atoms with E-state index in [1.165, 1.54) is 24.3 Å². The first kappa shape index (κ1) is 15.4. The van der Waals surface area contributed by atoms with Crippen molar-refractivity contribution in [1.29, 1.82) is 0 Å². The Bertz CT molecular complexity index is 828. The van der Waals surface area contributed by atoms with Gasteiger partial charge in [-0.25, -0.2) is 4.79 Å². The Morgan fingerprint density at radius 1 is 1.09 bits per heavy atom. The standard InChI is InChI=1S/C13H9NO7S/c15-13(16)11-3-1-2-4-12(11)21-22(19,20)10-7-5-9(6-8-10)14(17)18/h1-8H,(H,15,16). The fourth-order valence-corrected chi connectivity index (χ4v) is 2.56. The highest BCUT2D eigenvalue weighted by Gasteiger charge is 2.21. The molecule has 2 aromatic rings. The summed E-state index contributed by atoms with van der Waals surface area (Å²) in [6, 6.07) is 9.30. The monoisotopic (exact) mass is 323 g/mol. The van der Waals surface area contributed by atoms with Crippen LogP contribution in [0.5, 0.6) is 5.75 Å². The van der Waals surface area contributed by atoms with Crippen molar-refractivity contribution in [3.8, 4) is 5.75 Å². The molecule has 0 spiro atoms. The lowest BCUT2D eigenvalue weighted by Crippen LogP contribution is -2.12. The Hall–Kier alpha value is -2.94. The summed E-state index contributed by atoms with van der Waals surface area (Å²) in [6.07, 6.45) is 0. The first-order valence-corrected chi connectivity index (χ1v) is 7.23.